The number of thioether (sulfide) groups is 1. The number of anilines is 2. The molecule has 0 radical (unpaired) electrons. The molecular weight excluding hydrogens is 477 g/mol. The van der Waals surface area contributed by atoms with Crippen LogP contribution in [0.3, 0.4) is 0 Å². The zero-order valence-electron chi connectivity index (χ0n) is 17.8. The van der Waals surface area contributed by atoms with Crippen LogP contribution in [0.4, 0.5) is 11.4 Å². The fourth-order valence-electron chi connectivity index (χ4n) is 3.20. The molecule has 0 saturated heterocycles. The largest absolute Gasteiger partial charge is 0.378 e. The van der Waals surface area contributed by atoms with Crippen LogP contribution in [0, 0.1) is 6.92 Å². The minimum absolute atomic E-state index is 0.123. The Morgan fingerprint density at radius 1 is 0.970 bits per heavy atom. The quantitative estimate of drug-likeness (QED) is 0.282. The van der Waals surface area contributed by atoms with Crippen LogP contribution in [-0.2, 0) is 11.3 Å². The summed E-state index contributed by atoms with van der Waals surface area (Å²) >= 11 is 13.6. The Morgan fingerprint density at radius 3 is 2.42 bits per heavy atom. The Hall–Kier alpha value is -3.00. The van der Waals surface area contributed by atoms with Crippen LogP contribution in [0.25, 0.3) is 5.69 Å². The summed E-state index contributed by atoms with van der Waals surface area (Å²) in [4.78, 5) is 12.6. The normalized spacial score (nSPS) is 10.8. The summed E-state index contributed by atoms with van der Waals surface area (Å²) in [5, 5.41) is 16.3. The zero-order valence-corrected chi connectivity index (χ0v) is 20.1. The van der Waals surface area contributed by atoms with Crippen molar-refractivity contribution in [2.24, 2.45) is 0 Å². The third-order valence-corrected chi connectivity index (χ3v) is 6.30. The first-order valence-electron chi connectivity index (χ1n) is 10.2. The molecule has 0 spiro atoms. The average Bonchev–Trinajstić information content (AvgIpc) is 3.22. The summed E-state index contributed by atoms with van der Waals surface area (Å²) < 4.78 is 1.95. The number of hydrogen-bond acceptors (Lipinski definition) is 5. The highest BCUT2D eigenvalue weighted by atomic mass is 35.5. The molecule has 0 aliphatic heterocycles. The summed E-state index contributed by atoms with van der Waals surface area (Å²) in [7, 11) is 0. The third-order valence-electron chi connectivity index (χ3n) is 4.74. The highest BCUT2D eigenvalue weighted by Gasteiger charge is 2.17. The summed E-state index contributed by atoms with van der Waals surface area (Å²) in [5.74, 6) is 0.620. The molecule has 0 aliphatic carbocycles. The topological polar surface area (TPSA) is 71.8 Å². The van der Waals surface area contributed by atoms with Crippen LogP contribution < -0.4 is 10.6 Å². The molecule has 0 saturated carbocycles. The Bertz CT molecular complexity index is 1240. The zero-order chi connectivity index (χ0) is 23.2. The van der Waals surface area contributed by atoms with E-state index >= 15 is 0 Å². The number of amides is 1. The number of aromatic nitrogens is 3. The molecule has 168 valence electrons. The van der Waals surface area contributed by atoms with E-state index in [4.69, 9.17) is 23.2 Å². The van der Waals surface area contributed by atoms with Gasteiger partial charge in [-0.05, 0) is 48.9 Å². The number of nitrogens with zero attached hydrogens (tertiary/aromatic N) is 3. The number of hydrogen-bond donors (Lipinski definition) is 2. The molecular formula is C24H21Cl2N5OS. The molecule has 4 rings (SSSR count). The van der Waals surface area contributed by atoms with Crippen molar-refractivity contribution in [1.29, 1.82) is 0 Å². The van der Waals surface area contributed by atoms with E-state index in [1.165, 1.54) is 17.3 Å². The standard InChI is InChI=1S/C24H21Cl2N5OS/c1-16-7-5-8-17(13-16)27-14-21-29-30-24(31(21)18-9-3-2-4-10-18)33-15-22(32)28-23-19(25)11-6-12-20(23)26/h2-13,27H,14-15H2,1H3,(H,28,32). The summed E-state index contributed by atoms with van der Waals surface area (Å²) in [6.07, 6.45) is 0. The molecule has 4 aromatic rings. The molecule has 2 N–H and O–H groups in total. The van der Waals surface area contributed by atoms with Gasteiger partial charge in [0.15, 0.2) is 11.0 Å². The molecule has 1 aromatic heterocycles. The number of carbonyl (C=O) groups is 1. The van der Waals surface area contributed by atoms with Crippen molar-refractivity contribution < 1.29 is 4.79 Å². The number of halogens is 2. The van der Waals surface area contributed by atoms with Crippen molar-refractivity contribution in [3.8, 4) is 5.69 Å². The van der Waals surface area contributed by atoms with Gasteiger partial charge in [0.2, 0.25) is 5.91 Å². The Labute approximate surface area is 206 Å². The third kappa shape index (κ3) is 5.87. The Morgan fingerprint density at radius 2 is 1.70 bits per heavy atom. The van der Waals surface area contributed by atoms with Gasteiger partial charge < -0.3 is 10.6 Å². The van der Waals surface area contributed by atoms with Gasteiger partial charge in [-0.25, -0.2) is 0 Å². The molecule has 33 heavy (non-hydrogen) atoms. The minimum Gasteiger partial charge on any atom is -0.378 e. The maximum absolute atomic E-state index is 12.6. The predicted molar refractivity (Wildman–Crippen MR) is 136 cm³/mol. The first-order chi connectivity index (χ1) is 16.0. The van der Waals surface area contributed by atoms with Gasteiger partial charge in [0.05, 0.1) is 28.0 Å². The molecule has 0 bridgehead atoms. The van der Waals surface area contributed by atoms with Gasteiger partial charge in [0.25, 0.3) is 0 Å². The summed E-state index contributed by atoms with van der Waals surface area (Å²) in [6, 6.07) is 23.0. The molecule has 1 heterocycles. The van der Waals surface area contributed by atoms with Crippen molar-refractivity contribution in [3.05, 3.63) is 94.2 Å². The first kappa shape index (κ1) is 23.2. The average molecular weight is 498 g/mol. The van der Waals surface area contributed by atoms with Crippen molar-refractivity contribution in [2.75, 3.05) is 16.4 Å². The van der Waals surface area contributed by atoms with Gasteiger partial charge >= 0.3 is 0 Å². The van der Waals surface area contributed by atoms with Gasteiger partial charge in [0.1, 0.15) is 0 Å². The first-order valence-corrected chi connectivity index (χ1v) is 11.9. The lowest BCUT2D eigenvalue weighted by Gasteiger charge is -2.12. The maximum Gasteiger partial charge on any atom is 0.234 e. The Balaban J connectivity index is 1.51. The van der Waals surface area contributed by atoms with E-state index in [0.717, 1.165) is 17.2 Å². The number of para-hydroxylation sites is 2. The van der Waals surface area contributed by atoms with E-state index in [1.54, 1.807) is 18.2 Å². The highest BCUT2D eigenvalue weighted by Crippen LogP contribution is 2.30. The van der Waals surface area contributed by atoms with Crippen LogP contribution in [0.1, 0.15) is 11.4 Å². The number of rotatable bonds is 8. The van der Waals surface area contributed by atoms with E-state index in [2.05, 4.69) is 26.9 Å². The number of aryl methyl sites for hydroxylation is 1. The predicted octanol–water partition coefficient (Wildman–Crippen LogP) is 6.23. The van der Waals surface area contributed by atoms with E-state index in [-0.39, 0.29) is 11.7 Å². The monoisotopic (exact) mass is 497 g/mol. The van der Waals surface area contributed by atoms with Gasteiger partial charge in [-0.15, -0.1) is 10.2 Å². The molecule has 1 amide bonds. The fraction of sp³-hybridized carbons (Fsp3) is 0.125. The van der Waals surface area contributed by atoms with Gasteiger partial charge in [-0.2, -0.15) is 0 Å². The van der Waals surface area contributed by atoms with E-state index in [1.807, 2.05) is 60.0 Å². The van der Waals surface area contributed by atoms with Crippen molar-refractivity contribution in [3.63, 3.8) is 0 Å². The van der Waals surface area contributed by atoms with E-state index in [9.17, 15) is 4.79 Å². The second-order valence-electron chi connectivity index (χ2n) is 7.23. The SMILES string of the molecule is Cc1cccc(NCc2nnc(SCC(=O)Nc3c(Cl)cccc3Cl)n2-c2ccccc2)c1. The Kier molecular flexibility index (Phi) is 7.54. The van der Waals surface area contributed by atoms with Gasteiger partial charge in [-0.3, -0.25) is 9.36 Å². The molecule has 9 heteroatoms. The lowest BCUT2D eigenvalue weighted by atomic mass is 10.2. The minimum atomic E-state index is -0.239. The lowest BCUT2D eigenvalue weighted by Crippen LogP contribution is -2.15. The second kappa shape index (κ2) is 10.7. The number of benzene rings is 3. The van der Waals surface area contributed by atoms with Crippen LogP contribution >= 0.6 is 35.0 Å². The van der Waals surface area contributed by atoms with Crippen LogP contribution in [0.5, 0.6) is 0 Å². The van der Waals surface area contributed by atoms with Crippen LogP contribution in [0.2, 0.25) is 10.0 Å². The van der Waals surface area contributed by atoms with Crippen molar-refractivity contribution in [2.45, 2.75) is 18.6 Å². The highest BCUT2D eigenvalue weighted by molar-refractivity contribution is 7.99. The molecule has 6 nitrogen and oxygen atoms in total. The number of nitrogens with one attached hydrogen (secondary N) is 2. The van der Waals surface area contributed by atoms with Crippen LogP contribution in [-0.4, -0.2) is 26.4 Å². The maximum atomic E-state index is 12.6. The molecule has 0 fully saturated rings. The number of carbonyl (C=O) groups excluding carboxylic acids is 1. The van der Waals surface area contributed by atoms with Gasteiger partial charge in [0, 0.05) is 11.4 Å². The fourth-order valence-corrected chi connectivity index (χ4v) is 4.47. The molecule has 3 aromatic carbocycles. The van der Waals surface area contributed by atoms with E-state index in [0.29, 0.717) is 27.4 Å². The summed E-state index contributed by atoms with van der Waals surface area (Å²) in [5.41, 5.74) is 3.49. The lowest BCUT2D eigenvalue weighted by molar-refractivity contribution is -0.113. The smallest absolute Gasteiger partial charge is 0.234 e. The van der Waals surface area contributed by atoms with Crippen molar-refractivity contribution in [1.82, 2.24) is 14.8 Å². The molecule has 0 aliphatic rings. The molecule has 0 atom stereocenters. The second-order valence-corrected chi connectivity index (χ2v) is 8.98. The van der Waals surface area contributed by atoms with E-state index < -0.39 is 0 Å². The van der Waals surface area contributed by atoms with Gasteiger partial charge in [-0.1, -0.05) is 71.4 Å². The molecule has 0 unspecified atom stereocenters. The van der Waals surface area contributed by atoms with Crippen LogP contribution in [0.15, 0.2) is 78.0 Å². The van der Waals surface area contributed by atoms with Crippen molar-refractivity contribution >= 4 is 52.2 Å². The summed E-state index contributed by atoms with van der Waals surface area (Å²) in [6.45, 7) is 2.53.